The predicted octanol–water partition coefficient (Wildman–Crippen LogP) is 2.82. The van der Waals surface area contributed by atoms with Crippen LogP contribution in [0, 0.1) is 13.8 Å². The maximum Gasteiger partial charge on any atom is 0.328 e. The molecule has 0 spiro atoms. The van der Waals surface area contributed by atoms with Crippen molar-refractivity contribution in [2.45, 2.75) is 39.9 Å². The maximum absolute atomic E-state index is 13.2. The molecule has 0 saturated carbocycles. The second kappa shape index (κ2) is 6.22. The molecule has 1 aromatic carbocycles. The molecule has 0 bridgehead atoms. The molecule has 3 heterocycles. The SMILES string of the molecule is C=C(C)CN1C(=O)C2C(N=C3N(c4ccc(C)c(C)c4)C(C)=CN32)N(C)C1=O. The van der Waals surface area contributed by atoms with Crippen molar-refractivity contribution in [1.29, 1.82) is 0 Å². The number of benzene rings is 1. The zero-order valence-electron chi connectivity index (χ0n) is 16.9. The van der Waals surface area contributed by atoms with Crippen LogP contribution in [0.2, 0.25) is 0 Å². The van der Waals surface area contributed by atoms with Gasteiger partial charge in [0.05, 0.1) is 6.54 Å². The van der Waals surface area contributed by atoms with Crippen LogP contribution in [0.25, 0.3) is 0 Å². The van der Waals surface area contributed by atoms with Crippen molar-refractivity contribution in [2.75, 3.05) is 18.5 Å². The first-order valence-electron chi connectivity index (χ1n) is 9.35. The minimum Gasteiger partial charge on any atom is -0.302 e. The van der Waals surface area contributed by atoms with E-state index in [0.29, 0.717) is 5.96 Å². The number of carbonyl (C=O) groups excluding carboxylic acids is 2. The first-order valence-corrected chi connectivity index (χ1v) is 9.35. The van der Waals surface area contributed by atoms with Crippen LogP contribution in [0.4, 0.5) is 10.5 Å². The number of likely N-dealkylation sites (N-methyl/N-ethyl adjacent to an activating group) is 1. The summed E-state index contributed by atoms with van der Waals surface area (Å²) >= 11 is 0. The lowest BCUT2D eigenvalue weighted by molar-refractivity contribution is -0.136. The number of aliphatic imine (C=N–C) groups is 1. The van der Waals surface area contributed by atoms with E-state index >= 15 is 0 Å². The molecular weight excluding hydrogens is 354 g/mol. The van der Waals surface area contributed by atoms with E-state index in [1.807, 2.05) is 29.8 Å². The highest BCUT2D eigenvalue weighted by Crippen LogP contribution is 2.37. The molecular formula is C21H25N5O2. The number of hydrogen-bond donors (Lipinski definition) is 0. The summed E-state index contributed by atoms with van der Waals surface area (Å²) in [5, 5.41) is 0. The van der Waals surface area contributed by atoms with Gasteiger partial charge in [0.2, 0.25) is 5.96 Å². The molecule has 7 heteroatoms. The number of aryl methyl sites for hydroxylation is 2. The van der Waals surface area contributed by atoms with Gasteiger partial charge in [0.15, 0.2) is 12.2 Å². The van der Waals surface area contributed by atoms with Crippen LogP contribution < -0.4 is 4.90 Å². The first-order chi connectivity index (χ1) is 13.2. The average Bonchev–Trinajstić information content (AvgIpc) is 3.14. The fourth-order valence-electron chi connectivity index (χ4n) is 3.95. The van der Waals surface area contributed by atoms with Gasteiger partial charge in [-0.1, -0.05) is 18.2 Å². The molecule has 1 saturated heterocycles. The van der Waals surface area contributed by atoms with Crippen LogP contribution in [0.1, 0.15) is 25.0 Å². The first kappa shape index (κ1) is 18.3. The van der Waals surface area contributed by atoms with E-state index in [4.69, 9.17) is 4.99 Å². The number of hydrogen-bond acceptors (Lipinski definition) is 5. The van der Waals surface area contributed by atoms with E-state index in [9.17, 15) is 9.59 Å². The lowest BCUT2D eigenvalue weighted by Crippen LogP contribution is -2.64. The average molecular weight is 379 g/mol. The van der Waals surface area contributed by atoms with E-state index in [2.05, 4.69) is 38.6 Å². The van der Waals surface area contributed by atoms with Crippen LogP contribution in [0.15, 0.2) is 47.2 Å². The fourth-order valence-corrected chi connectivity index (χ4v) is 3.95. The van der Waals surface area contributed by atoms with E-state index in [1.54, 1.807) is 11.9 Å². The van der Waals surface area contributed by atoms with Gasteiger partial charge >= 0.3 is 6.03 Å². The van der Waals surface area contributed by atoms with Crippen molar-refractivity contribution in [1.82, 2.24) is 14.7 Å². The molecule has 28 heavy (non-hydrogen) atoms. The second-order valence-corrected chi connectivity index (χ2v) is 7.84. The van der Waals surface area contributed by atoms with E-state index in [1.165, 1.54) is 16.0 Å². The van der Waals surface area contributed by atoms with E-state index in [-0.39, 0.29) is 18.5 Å². The van der Waals surface area contributed by atoms with Crippen LogP contribution in [0.3, 0.4) is 0 Å². The number of urea groups is 1. The van der Waals surface area contributed by atoms with Crippen LogP contribution in [-0.2, 0) is 4.79 Å². The highest BCUT2D eigenvalue weighted by Gasteiger charge is 2.54. The maximum atomic E-state index is 13.2. The van der Waals surface area contributed by atoms with Crippen molar-refractivity contribution < 1.29 is 9.59 Å². The quantitative estimate of drug-likeness (QED) is 0.758. The Kier molecular flexibility index (Phi) is 4.06. The second-order valence-electron chi connectivity index (χ2n) is 7.84. The number of nitrogens with zero attached hydrogens (tertiary/aromatic N) is 5. The van der Waals surface area contributed by atoms with Gasteiger partial charge in [-0.2, -0.15) is 0 Å². The van der Waals surface area contributed by atoms with Crippen LogP contribution in [0.5, 0.6) is 0 Å². The molecule has 1 aromatic rings. The number of amides is 3. The topological polar surface area (TPSA) is 59.5 Å². The molecule has 0 N–H and O–H groups in total. The highest BCUT2D eigenvalue weighted by atomic mass is 16.2. The summed E-state index contributed by atoms with van der Waals surface area (Å²) in [5.74, 6) is 0.446. The Labute approximate surface area is 165 Å². The van der Waals surface area contributed by atoms with Gasteiger partial charge in [0.1, 0.15) is 0 Å². The van der Waals surface area contributed by atoms with E-state index < -0.39 is 12.2 Å². The summed E-state index contributed by atoms with van der Waals surface area (Å²) in [5.41, 5.74) is 5.16. The Morgan fingerprint density at radius 1 is 1.18 bits per heavy atom. The molecule has 0 radical (unpaired) electrons. The largest absolute Gasteiger partial charge is 0.328 e. The monoisotopic (exact) mass is 379 g/mol. The summed E-state index contributed by atoms with van der Waals surface area (Å²) < 4.78 is 0. The van der Waals surface area contributed by atoms with Crippen LogP contribution in [-0.4, -0.2) is 58.4 Å². The lowest BCUT2D eigenvalue weighted by atomic mass is 10.1. The molecule has 3 amide bonds. The normalized spacial score (nSPS) is 23.8. The molecule has 146 valence electrons. The Morgan fingerprint density at radius 3 is 2.54 bits per heavy atom. The Morgan fingerprint density at radius 2 is 1.89 bits per heavy atom. The predicted molar refractivity (Wildman–Crippen MR) is 109 cm³/mol. The van der Waals surface area contributed by atoms with Crippen molar-refractivity contribution in [2.24, 2.45) is 4.99 Å². The zero-order chi connectivity index (χ0) is 20.3. The van der Waals surface area contributed by atoms with Gasteiger partial charge in [-0.25, -0.2) is 9.79 Å². The van der Waals surface area contributed by atoms with Gasteiger partial charge in [0.25, 0.3) is 5.91 Å². The van der Waals surface area contributed by atoms with Crippen LogP contribution >= 0.6 is 0 Å². The molecule has 3 aliphatic heterocycles. The molecule has 0 aliphatic carbocycles. The van der Waals surface area contributed by atoms with E-state index in [0.717, 1.165) is 17.0 Å². The van der Waals surface area contributed by atoms with Crippen molar-refractivity contribution in [3.63, 3.8) is 0 Å². The summed E-state index contributed by atoms with van der Waals surface area (Å²) in [6.45, 7) is 12.0. The van der Waals surface area contributed by atoms with Crippen molar-refractivity contribution >= 4 is 23.6 Å². The van der Waals surface area contributed by atoms with Crippen molar-refractivity contribution in [3.05, 3.63) is 53.4 Å². The molecule has 2 unspecified atom stereocenters. The zero-order valence-corrected chi connectivity index (χ0v) is 16.9. The summed E-state index contributed by atoms with van der Waals surface area (Å²) in [7, 11) is 1.70. The number of allylic oxidation sites excluding steroid dienone is 1. The lowest BCUT2D eigenvalue weighted by Gasteiger charge is -2.40. The van der Waals surface area contributed by atoms with Crippen molar-refractivity contribution in [3.8, 4) is 0 Å². The molecule has 4 rings (SSSR count). The third-order valence-corrected chi connectivity index (χ3v) is 5.56. The summed E-state index contributed by atoms with van der Waals surface area (Å²) in [6.07, 6.45) is 1.41. The number of anilines is 1. The molecule has 7 nitrogen and oxygen atoms in total. The highest BCUT2D eigenvalue weighted by molar-refractivity contribution is 6.10. The summed E-state index contributed by atoms with van der Waals surface area (Å²) in [6, 6.07) is 5.36. The number of rotatable bonds is 3. The van der Waals surface area contributed by atoms with Gasteiger partial charge in [0, 0.05) is 24.6 Å². The van der Waals surface area contributed by atoms with Gasteiger partial charge in [-0.05, 0) is 51.0 Å². The Hall–Kier alpha value is -3.09. The summed E-state index contributed by atoms with van der Waals surface area (Å²) in [4.78, 5) is 37.4. The third-order valence-electron chi connectivity index (χ3n) is 5.56. The minimum absolute atomic E-state index is 0.220. The third kappa shape index (κ3) is 2.53. The van der Waals surface area contributed by atoms with Gasteiger partial charge in [-0.3, -0.25) is 14.6 Å². The number of imide groups is 1. The molecule has 0 aromatic heterocycles. The smallest absolute Gasteiger partial charge is 0.302 e. The Bertz CT molecular complexity index is 964. The number of guanidine groups is 1. The molecule has 1 fully saturated rings. The molecule has 2 atom stereocenters. The number of carbonyl (C=O) groups is 2. The standard InChI is InChI=1S/C21H25N5O2/c1-12(2)10-25-19(27)17-18(23(6)21(25)28)22-20-24(17)11-15(5)26(20)16-8-7-13(3)14(4)9-16/h7-9,11,17-18H,1,10H2,2-6H3. The fraction of sp³-hybridized carbons (Fsp3) is 0.381. The number of fused-ring (bicyclic) bond motifs is 3. The molecule has 3 aliphatic rings. The minimum atomic E-state index is -0.552. The van der Waals surface area contributed by atoms with Gasteiger partial charge in [-0.15, -0.1) is 0 Å². The Balaban J connectivity index is 1.73. The van der Waals surface area contributed by atoms with Gasteiger partial charge < -0.3 is 9.80 Å².